The number of ether oxygens (including phenoxy) is 1. The Kier molecular flexibility index (Phi) is 6.75. The lowest BCUT2D eigenvalue weighted by molar-refractivity contribution is -0.134. The molecule has 0 radical (unpaired) electrons. The number of ketones is 3. The first-order valence-corrected chi connectivity index (χ1v) is 11.5. The quantitative estimate of drug-likeness (QED) is 0.404. The summed E-state index contributed by atoms with van der Waals surface area (Å²) in [5, 5.41) is 11.4. The van der Waals surface area contributed by atoms with Gasteiger partial charge in [0, 0.05) is 23.5 Å². The molecule has 0 aliphatic heterocycles. The highest BCUT2D eigenvalue weighted by Crippen LogP contribution is 2.48. The van der Waals surface area contributed by atoms with Crippen molar-refractivity contribution < 1.29 is 24.2 Å². The van der Waals surface area contributed by atoms with Gasteiger partial charge in [0.2, 0.25) is 0 Å². The first-order valence-electron chi connectivity index (χ1n) is 11.5. The molecule has 0 amide bonds. The molecule has 0 saturated heterocycles. The second kappa shape index (κ2) is 9.74. The Morgan fingerprint density at radius 3 is 1.94 bits per heavy atom. The predicted molar refractivity (Wildman–Crippen MR) is 129 cm³/mol. The van der Waals surface area contributed by atoms with Crippen LogP contribution in [0.2, 0.25) is 0 Å². The maximum Gasteiger partial charge on any atom is 0.173 e. The Labute approximate surface area is 199 Å². The molecule has 1 saturated carbocycles. The van der Waals surface area contributed by atoms with Gasteiger partial charge in [-0.3, -0.25) is 14.4 Å². The van der Waals surface area contributed by atoms with Crippen LogP contribution in [0.25, 0.3) is 0 Å². The van der Waals surface area contributed by atoms with Crippen LogP contribution in [0, 0.1) is 11.8 Å². The van der Waals surface area contributed by atoms with Gasteiger partial charge in [0.1, 0.15) is 11.5 Å². The fourth-order valence-corrected chi connectivity index (χ4v) is 5.01. The van der Waals surface area contributed by atoms with E-state index in [-0.39, 0.29) is 23.8 Å². The SMILES string of the molecule is CCOc1ccc([C@H]2[C@@H](C(=O)c3ccccc3)C(=O)C[C@@](C)(O)[C@@H]2C(=O)c2ccccc2)cc1. The van der Waals surface area contributed by atoms with E-state index in [0.717, 1.165) is 0 Å². The van der Waals surface area contributed by atoms with Crippen LogP contribution in [-0.4, -0.2) is 34.7 Å². The smallest absolute Gasteiger partial charge is 0.173 e. The van der Waals surface area contributed by atoms with Gasteiger partial charge in [0.05, 0.1) is 24.0 Å². The monoisotopic (exact) mass is 456 g/mol. The van der Waals surface area contributed by atoms with E-state index >= 15 is 0 Å². The minimum Gasteiger partial charge on any atom is -0.494 e. The van der Waals surface area contributed by atoms with E-state index in [1.54, 1.807) is 78.9 Å². The molecular weight excluding hydrogens is 428 g/mol. The van der Waals surface area contributed by atoms with Crippen molar-refractivity contribution in [1.82, 2.24) is 0 Å². The molecule has 0 aromatic heterocycles. The molecule has 0 bridgehead atoms. The number of hydrogen-bond donors (Lipinski definition) is 1. The summed E-state index contributed by atoms with van der Waals surface area (Å²) < 4.78 is 5.55. The van der Waals surface area contributed by atoms with E-state index in [0.29, 0.717) is 29.0 Å². The van der Waals surface area contributed by atoms with Gasteiger partial charge in [-0.2, -0.15) is 0 Å². The topological polar surface area (TPSA) is 80.7 Å². The molecule has 174 valence electrons. The van der Waals surface area contributed by atoms with E-state index in [1.807, 2.05) is 13.0 Å². The van der Waals surface area contributed by atoms with Crippen molar-refractivity contribution in [1.29, 1.82) is 0 Å². The van der Waals surface area contributed by atoms with E-state index in [2.05, 4.69) is 0 Å². The van der Waals surface area contributed by atoms with Crippen molar-refractivity contribution in [3.8, 4) is 5.75 Å². The van der Waals surface area contributed by atoms with Crippen LogP contribution in [0.3, 0.4) is 0 Å². The van der Waals surface area contributed by atoms with Gasteiger partial charge in [-0.25, -0.2) is 0 Å². The van der Waals surface area contributed by atoms with Gasteiger partial charge in [-0.15, -0.1) is 0 Å². The third-order valence-electron chi connectivity index (χ3n) is 6.52. The standard InChI is InChI=1S/C29H28O5/c1-3-34-22-16-14-19(15-17-22)24-25(27(31)20-10-6-4-7-11-20)23(30)18-29(2,33)26(24)28(32)21-12-8-5-9-13-21/h4-17,24-26,33H,3,18H2,1-2H3/t24-,25-,26-,29+/m0/s1. The van der Waals surface area contributed by atoms with Crippen molar-refractivity contribution in [2.75, 3.05) is 6.61 Å². The molecule has 0 heterocycles. The number of rotatable bonds is 7. The van der Waals surface area contributed by atoms with Gasteiger partial charge in [-0.1, -0.05) is 72.8 Å². The molecular formula is C29H28O5. The van der Waals surface area contributed by atoms with Crippen LogP contribution < -0.4 is 4.74 Å². The van der Waals surface area contributed by atoms with Crippen LogP contribution in [-0.2, 0) is 4.79 Å². The van der Waals surface area contributed by atoms with Crippen molar-refractivity contribution >= 4 is 17.3 Å². The van der Waals surface area contributed by atoms with Crippen molar-refractivity contribution in [2.24, 2.45) is 11.8 Å². The average Bonchev–Trinajstić information content (AvgIpc) is 2.84. The van der Waals surface area contributed by atoms with E-state index in [4.69, 9.17) is 4.74 Å². The lowest BCUT2D eigenvalue weighted by Crippen LogP contribution is -2.54. The summed E-state index contributed by atoms with van der Waals surface area (Å²) in [5.41, 5.74) is -0.130. The minimum absolute atomic E-state index is 0.271. The molecule has 5 heteroatoms. The van der Waals surface area contributed by atoms with E-state index in [9.17, 15) is 19.5 Å². The first-order chi connectivity index (χ1) is 16.3. The summed E-state index contributed by atoms with van der Waals surface area (Å²) in [5.74, 6) is -3.24. The predicted octanol–water partition coefficient (Wildman–Crippen LogP) is 4.89. The summed E-state index contributed by atoms with van der Waals surface area (Å²) in [7, 11) is 0. The molecule has 4 atom stereocenters. The second-order valence-electron chi connectivity index (χ2n) is 8.94. The Bertz CT molecular complexity index is 1170. The molecule has 0 spiro atoms. The zero-order valence-corrected chi connectivity index (χ0v) is 19.3. The van der Waals surface area contributed by atoms with Gasteiger partial charge >= 0.3 is 0 Å². The van der Waals surface area contributed by atoms with Crippen molar-refractivity contribution in [2.45, 2.75) is 31.8 Å². The van der Waals surface area contributed by atoms with Crippen molar-refractivity contribution in [3.63, 3.8) is 0 Å². The van der Waals surface area contributed by atoms with Crippen LogP contribution in [0.1, 0.15) is 52.5 Å². The normalized spacial score (nSPS) is 24.4. The molecule has 1 aliphatic carbocycles. The minimum atomic E-state index is -1.61. The zero-order valence-electron chi connectivity index (χ0n) is 19.3. The lowest BCUT2D eigenvalue weighted by Gasteiger charge is -2.45. The maximum absolute atomic E-state index is 13.8. The molecule has 1 N–H and O–H groups in total. The van der Waals surface area contributed by atoms with E-state index < -0.39 is 23.4 Å². The highest BCUT2D eigenvalue weighted by Gasteiger charge is 2.55. The Balaban J connectivity index is 1.86. The maximum atomic E-state index is 13.8. The summed E-state index contributed by atoms with van der Waals surface area (Å²) in [4.78, 5) is 40.8. The van der Waals surface area contributed by atoms with Crippen molar-refractivity contribution in [3.05, 3.63) is 102 Å². The molecule has 34 heavy (non-hydrogen) atoms. The van der Waals surface area contributed by atoms with Crippen LogP contribution >= 0.6 is 0 Å². The second-order valence-corrected chi connectivity index (χ2v) is 8.94. The number of carbonyl (C=O) groups is 3. The molecule has 1 fully saturated rings. The molecule has 5 nitrogen and oxygen atoms in total. The highest BCUT2D eigenvalue weighted by molar-refractivity contribution is 6.13. The van der Waals surface area contributed by atoms with Crippen LogP contribution in [0.4, 0.5) is 0 Å². The average molecular weight is 457 g/mol. The van der Waals surface area contributed by atoms with Crippen LogP contribution in [0.5, 0.6) is 5.75 Å². The highest BCUT2D eigenvalue weighted by atomic mass is 16.5. The summed E-state index contributed by atoms with van der Waals surface area (Å²) in [6.07, 6.45) is -0.271. The fourth-order valence-electron chi connectivity index (χ4n) is 5.01. The number of Topliss-reactive ketones (excluding diaryl/α,β-unsaturated/α-hetero) is 3. The van der Waals surface area contributed by atoms with E-state index in [1.165, 1.54) is 6.92 Å². The largest absolute Gasteiger partial charge is 0.494 e. The van der Waals surface area contributed by atoms with Gasteiger partial charge in [0.25, 0.3) is 0 Å². The van der Waals surface area contributed by atoms with Gasteiger partial charge in [-0.05, 0) is 31.5 Å². The first kappa shape index (κ1) is 23.6. The summed E-state index contributed by atoms with van der Waals surface area (Å²) in [6.45, 7) is 3.90. The van der Waals surface area contributed by atoms with Crippen LogP contribution in [0.15, 0.2) is 84.9 Å². The third-order valence-corrected chi connectivity index (χ3v) is 6.52. The Hall–Kier alpha value is -3.57. The summed E-state index contributed by atoms with van der Waals surface area (Å²) in [6, 6.07) is 24.4. The molecule has 4 rings (SSSR count). The Morgan fingerprint density at radius 2 is 1.41 bits per heavy atom. The lowest BCUT2D eigenvalue weighted by atomic mass is 9.58. The molecule has 3 aromatic rings. The fraction of sp³-hybridized carbons (Fsp3) is 0.276. The number of carbonyl (C=O) groups excluding carboxylic acids is 3. The van der Waals surface area contributed by atoms with Gasteiger partial charge in [0.15, 0.2) is 11.6 Å². The Morgan fingerprint density at radius 1 is 0.882 bits per heavy atom. The number of hydrogen-bond acceptors (Lipinski definition) is 5. The molecule has 1 aliphatic rings. The molecule has 3 aromatic carbocycles. The summed E-state index contributed by atoms with van der Waals surface area (Å²) >= 11 is 0. The number of aliphatic hydroxyl groups is 1. The van der Waals surface area contributed by atoms with Gasteiger partial charge < -0.3 is 9.84 Å². The number of benzene rings is 3. The zero-order chi connectivity index (χ0) is 24.3. The third kappa shape index (κ3) is 4.57. The molecule has 0 unspecified atom stereocenters.